The number of aromatic nitrogens is 3. The van der Waals surface area contributed by atoms with E-state index in [1.807, 2.05) is 20.8 Å². The van der Waals surface area contributed by atoms with E-state index >= 15 is 0 Å². The van der Waals surface area contributed by atoms with Gasteiger partial charge in [-0.1, -0.05) is 11.8 Å². The number of nitrogens with zero attached hydrogens (tertiary/aromatic N) is 2. The number of carbonyl (C=O) groups excluding carboxylic acids is 1. The molecule has 19 heavy (non-hydrogen) atoms. The number of primary amides is 1. The Morgan fingerprint density at radius 1 is 1.63 bits per heavy atom. The Labute approximate surface area is 117 Å². The number of thioether (sulfide) groups is 1. The first-order chi connectivity index (χ1) is 8.91. The van der Waals surface area contributed by atoms with Gasteiger partial charge in [-0.05, 0) is 40.0 Å². The third-order valence-electron chi connectivity index (χ3n) is 3.35. The summed E-state index contributed by atoms with van der Waals surface area (Å²) in [5.41, 5.74) is 5.02. The van der Waals surface area contributed by atoms with Gasteiger partial charge in [0, 0.05) is 11.3 Å². The van der Waals surface area contributed by atoms with E-state index in [9.17, 15) is 4.79 Å². The maximum Gasteiger partial charge on any atom is 0.237 e. The second-order valence-corrected chi connectivity index (χ2v) is 6.70. The number of nitrogens with one attached hydrogen (secondary N) is 2. The quantitative estimate of drug-likeness (QED) is 0.748. The van der Waals surface area contributed by atoms with Crippen molar-refractivity contribution in [2.24, 2.45) is 5.73 Å². The summed E-state index contributed by atoms with van der Waals surface area (Å²) in [7, 11) is 0. The second-order valence-electron chi connectivity index (χ2n) is 5.43. The van der Waals surface area contributed by atoms with Crippen LogP contribution in [0.2, 0.25) is 0 Å². The fraction of sp³-hybridized carbons (Fsp3) is 0.750. The zero-order chi connectivity index (χ0) is 14.0. The van der Waals surface area contributed by atoms with E-state index < -0.39 is 5.54 Å². The molecule has 0 bridgehead atoms. The molecule has 0 aliphatic heterocycles. The highest BCUT2D eigenvalue weighted by Crippen LogP contribution is 2.39. The minimum absolute atomic E-state index is 0.238. The molecule has 7 heteroatoms. The zero-order valence-electron chi connectivity index (χ0n) is 11.6. The molecule has 1 fully saturated rings. The van der Waals surface area contributed by atoms with Crippen LogP contribution in [0.1, 0.15) is 38.9 Å². The highest BCUT2D eigenvalue weighted by molar-refractivity contribution is 7.99. The summed E-state index contributed by atoms with van der Waals surface area (Å²) in [6.07, 6.45) is 2.46. The van der Waals surface area contributed by atoms with Crippen LogP contribution in [0.3, 0.4) is 0 Å². The van der Waals surface area contributed by atoms with Crippen LogP contribution >= 0.6 is 11.8 Å². The number of aromatic amines is 1. The molecule has 1 aromatic rings. The Morgan fingerprint density at radius 3 is 2.89 bits per heavy atom. The molecule has 2 atom stereocenters. The average Bonchev–Trinajstić information content (AvgIpc) is 2.87. The lowest BCUT2D eigenvalue weighted by Gasteiger charge is -2.29. The lowest BCUT2D eigenvalue weighted by atomic mass is 9.96. The van der Waals surface area contributed by atoms with Gasteiger partial charge < -0.3 is 11.1 Å². The molecule has 0 aromatic carbocycles. The van der Waals surface area contributed by atoms with Gasteiger partial charge >= 0.3 is 0 Å². The van der Waals surface area contributed by atoms with Crippen molar-refractivity contribution < 1.29 is 4.79 Å². The van der Waals surface area contributed by atoms with E-state index in [4.69, 9.17) is 5.73 Å². The summed E-state index contributed by atoms with van der Waals surface area (Å²) < 4.78 is 0. The summed E-state index contributed by atoms with van der Waals surface area (Å²) in [5.74, 6) is 0.553. The molecule has 6 nitrogen and oxygen atoms in total. The molecule has 0 saturated heterocycles. The Morgan fingerprint density at radius 2 is 2.37 bits per heavy atom. The summed E-state index contributed by atoms with van der Waals surface area (Å²) >= 11 is 1.62. The van der Waals surface area contributed by atoms with Crippen LogP contribution in [0.25, 0.3) is 0 Å². The topological polar surface area (TPSA) is 96.7 Å². The molecule has 2 unspecified atom stereocenters. The molecule has 1 aliphatic rings. The third-order valence-corrected chi connectivity index (χ3v) is 4.48. The number of nitrogens with two attached hydrogens (primary N) is 1. The number of rotatable bonds is 5. The van der Waals surface area contributed by atoms with Gasteiger partial charge in [-0.25, -0.2) is 4.98 Å². The second kappa shape index (κ2) is 5.50. The van der Waals surface area contributed by atoms with Crippen molar-refractivity contribution in [1.82, 2.24) is 20.5 Å². The van der Waals surface area contributed by atoms with Crippen LogP contribution in [0.4, 0.5) is 0 Å². The predicted octanol–water partition coefficient (Wildman–Crippen LogP) is 0.980. The molecule has 0 radical (unpaired) electrons. The molecule has 1 amide bonds. The Bertz CT molecular complexity index is 461. The molecular formula is C12H21N5OS. The van der Waals surface area contributed by atoms with Gasteiger partial charge in [0.1, 0.15) is 5.82 Å². The molecule has 1 saturated carbocycles. The van der Waals surface area contributed by atoms with Gasteiger partial charge in [0.2, 0.25) is 11.1 Å². The molecule has 4 N–H and O–H groups in total. The zero-order valence-corrected chi connectivity index (χ0v) is 12.4. The summed E-state index contributed by atoms with van der Waals surface area (Å²) in [5, 5.41) is 11.4. The average molecular weight is 283 g/mol. The number of aryl methyl sites for hydroxylation is 1. The van der Waals surface area contributed by atoms with E-state index in [0.29, 0.717) is 5.25 Å². The maximum absolute atomic E-state index is 11.8. The molecular weight excluding hydrogens is 262 g/mol. The van der Waals surface area contributed by atoms with E-state index in [0.717, 1.165) is 30.2 Å². The van der Waals surface area contributed by atoms with Crippen LogP contribution in [-0.2, 0) is 4.79 Å². The third kappa shape index (κ3) is 3.27. The fourth-order valence-electron chi connectivity index (χ4n) is 2.60. The van der Waals surface area contributed by atoms with Crippen molar-refractivity contribution in [3.8, 4) is 0 Å². The monoisotopic (exact) mass is 283 g/mol. The van der Waals surface area contributed by atoms with Crippen molar-refractivity contribution >= 4 is 17.7 Å². The highest BCUT2D eigenvalue weighted by atomic mass is 32.2. The molecule has 1 aliphatic carbocycles. The standard InChI is InChI=1S/C12H21N5OS/c1-7(2)15-12(10(13)18)5-4-9(6-12)19-11-14-8(3)16-17-11/h7,9,15H,4-6H2,1-3H3,(H2,13,18)(H,14,16,17). The van der Waals surface area contributed by atoms with Crippen molar-refractivity contribution in [3.63, 3.8) is 0 Å². The van der Waals surface area contributed by atoms with Gasteiger partial charge in [-0.15, -0.1) is 5.10 Å². The van der Waals surface area contributed by atoms with Crippen molar-refractivity contribution in [2.45, 2.75) is 62.0 Å². The maximum atomic E-state index is 11.8. The van der Waals surface area contributed by atoms with E-state index in [1.54, 1.807) is 11.8 Å². The molecule has 106 valence electrons. The Balaban J connectivity index is 2.02. The van der Waals surface area contributed by atoms with Gasteiger partial charge in [-0.2, -0.15) is 0 Å². The predicted molar refractivity (Wildman–Crippen MR) is 74.8 cm³/mol. The normalized spacial score (nSPS) is 27.1. The van der Waals surface area contributed by atoms with Crippen molar-refractivity contribution in [2.75, 3.05) is 0 Å². The Kier molecular flexibility index (Phi) is 4.15. The van der Waals surface area contributed by atoms with Crippen LogP contribution in [-0.4, -0.2) is 37.9 Å². The van der Waals surface area contributed by atoms with Crippen molar-refractivity contribution in [1.29, 1.82) is 0 Å². The van der Waals surface area contributed by atoms with E-state index in [2.05, 4.69) is 20.5 Å². The van der Waals surface area contributed by atoms with Crippen LogP contribution in [0.15, 0.2) is 5.16 Å². The van der Waals surface area contributed by atoms with Gasteiger partial charge in [0.05, 0.1) is 5.54 Å². The minimum Gasteiger partial charge on any atom is -0.368 e. The van der Waals surface area contributed by atoms with Crippen LogP contribution < -0.4 is 11.1 Å². The number of H-pyrrole nitrogens is 1. The SMILES string of the molecule is Cc1nc(SC2CCC(NC(C)C)(C(N)=O)C2)n[nH]1. The van der Waals surface area contributed by atoms with Crippen LogP contribution in [0, 0.1) is 6.92 Å². The molecule has 0 spiro atoms. The largest absolute Gasteiger partial charge is 0.368 e. The first-order valence-corrected chi connectivity index (χ1v) is 7.42. The lowest BCUT2D eigenvalue weighted by molar-refractivity contribution is -0.124. The lowest BCUT2D eigenvalue weighted by Crippen LogP contribution is -2.56. The van der Waals surface area contributed by atoms with Gasteiger partial charge in [0.25, 0.3) is 0 Å². The number of hydrogen-bond donors (Lipinski definition) is 3. The van der Waals surface area contributed by atoms with Crippen LogP contribution in [0.5, 0.6) is 0 Å². The molecule has 2 rings (SSSR count). The fourth-order valence-corrected chi connectivity index (χ4v) is 3.79. The van der Waals surface area contributed by atoms with Crippen molar-refractivity contribution in [3.05, 3.63) is 5.82 Å². The number of hydrogen-bond acceptors (Lipinski definition) is 5. The van der Waals surface area contributed by atoms with E-state index in [1.165, 1.54) is 0 Å². The smallest absolute Gasteiger partial charge is 0.237 e. The van der Waals surface area contributed by atoms with E-state index in [-0.39, 0.29) is 11.9 Å². The van der Waals surface area contributed by atoms with Gasteiger partial charge in [0.15, 0.2) is 0 Å². The Hall–Kier alpha value is -1.08. The first-order valence-electron chi connectivity index (χ1n) is 6.54. The summed E-state index contributed by atoms with van der Waals surface area (Å²) in [6.45, 7) is 5.94. The number of carbonyl (C=O) groups is 1. The summed E-state index contributed by atoms with van der Waals surface area (Å²) in [6, 6.07) is 0.238. The molecule has 1 aromatic heterocycles. The number of amides is 1. The highest BCUT2D eigenvalue weighted by Gasteiger charge is 2.44. The minimum atomic E-state index is -0.572. The molecule has 1 heterocycles. The van der Waals surface area contributed by atoms with Gasteiger partial charge in [-0.3, -0.25) is 9.89 Å². The first kappa shape index (κ1) is 14.3. The summed E-state index contributed by atoms with van der Waals surface area (Å²) in [4.78, 5) is 16.1.